The van der Waals surface area contributed by atoms with Gasteiger partial charge in [-0.05, 0) is 29.3 Å². The van der Waals surface area contributed by atoms with Crippen molar-refractivity contribution in [1.29, 1.82) is 0 Å². The lowest BCUT2D eigenvalue weighted by atomic mass is 10.2. The smallest absolute Gasteiger partial charge is 0.328 e. The molecule has 0 bridgehead atoms. The molecule has 1 rings (SSSR count). The van der Waals surface area contributed by atoms with Crippen molar-refractivity contribution in [2.45, 2.75) is 25.9 Å². The second kappa shape index (κ2) is 8.13. The van der Waals surface area contributed by atoms with Crippen molar-refractivity contribution in [2.24, 2.45) is 5.73 Å². The maximum atomic E-state index is 11.5. The van der Waals surface area contributed by atoms with Gasteiger partial charge in [-0.2, -0.15) is 0 Å². The highest BCUT2D eigenvalue weighted by Crippen LogP contribution is 1.97. The van der Waals surface area contributed by atoms with Crippen molar-refractivity contribution < 1.29 is 4.79 Å². The Labute approximate surface area is 124 Å². The van der Waals surface area contributed by atoms with Crippen molar-refractivity contribution in [1.82, 2.24) is 14.9 Å². The van der Waals surface area contributed by atoms with E-state index in [-0.39, 0.29) is 35.4 Å². The van der Waals surface area contributed by atoms with Crippen molar-refractivity contribution in [3.05, 3.63) is 31.5 Å². The average molecular weight is 356 g/mol. The first-order valence-electron chi connectivity index (χ1n) is 5.41. The Morgan fingerprint density at radius 1 is 1.58 bits per heavy atom. The van der Waals surface area contributed by atoms with Crippen LogP contribution in [0, 0.1) is 0 Å². The van der Waals surface area contributed by atoms with E-state index in [0.717, 1.165) is 4.57 Å². The molecule has 1 heterocycles. The number of carbonyl (C=O) groups excluding carboxylic acids is 1. The van der Waals surface area contributed by atoms with Crippen LogP contribution in [0.2, 0.25) is 0 Å². The van der Waals surface area contributed by atoms with Crippen molar-refractivity contribution in [3.63, 3.8) is 0 Å². The normalized spacial score (nSPS) is 11.5. The number of hydrogen-bond donors (Lipinski definition) is 3. The van der Waals surface area contributed by atoms with Gasteiger partial charge >= 0.3 is 5.69 Å². The predicted octanol–water partition coefficient (Wildman–Crippen LogP) is -0.426. The van der Waals surface area contributed by atoms with Crippen molar-refractivity contribution in [3.8, 4) is 0 Å². The molecule has 1 atom stereocenters. The van der Waals surface area contributed by atoms with Crippen LogP contribution in [0.15, 0.2) is 20.3 Å². The molecule has 1 aromatic heterocycles. The van der Waals surface area contributed by atoms with E-state index < -0.39 is 11.2 Å². The summed E-state index contributed by atoms with van der Waals surface area (Å²) in [5.41, 5.74) is 4.40. The number of hydrogen-bond acceptors (Lipinski definition) is 4. The molecule has 0 aliphatic carbocycles. The summed E-state index contributed by atoms with van der Waals surface area (Å²) in [6.07, 6.45) is 1.95. The zero-order valence-electron chi connectivity index (χ0n) is 10.3. The summed E-state index contributed by atoms with van der Waals surface area (Å²) in [5, 5.41) is 2.64. The first-order chi connectivity index (χ1) is 8.40. The molecule has 0 radical (unpaired) electrons. The highest BCUT2D eigenvalue weighted by Gasteiger charge is 2.07. The summed E-state index contributed by atoms with van der Waals surface area (Å²) >= 11 is 2.99. The first kappa shape index (κ1) is 17.9. The van der Waals surface area contributed by atoms with Crippen LogP contribution in [0.5, 0.6) is 0 Å². The minimum absolute atomic E-state index is 0. The molecule has 0 saturated heterocycles. The van der Waals surface area contributed by atoms with Crippen LogP contribution >= 0.6 is 28.3 Å². The van der Waals surface area contributed by atoms with Crippen LogP contribution in [0.4, 0.5) is 0 Å². The second-order valence-electron chi connectivity index (χ2n) is 3.98. The van der Waals surface area contributed by atoms with E-state index in [1.54, 1.807) is 0 Å². The average Bonchev–Trinajstić information content (AvgIpc) is 2.25. The number of halogens is 2. The van der Waals surface area contributed by atoms with Gasteiger partial charge in [-0.25, -0.2) is 4.79 Å². The number of amides is 1. The third-order valence-electron chi connectivity index (χ3n) is 2.20. The molecule has 0 aromatic carbocycles. The molecule has 4 N–H and O–H groups in total. The molecule has 19 heavy (non-hydrogen) atoms. The van der Waals surface area contributed by atoms with Gasteiger partial charge in [-0.1, -0.05) is 0 Å². The number of nitrogens with zero attached hydrogens (tertiary/aromatic N) is 1. The Kier molecular flexibility index (Phi) is 7.65. The predicted molar refractivity (Wildman–Crippen MR) is 77.5 cm³/mol. The molecule has 0 fully saturated rings. The monoisotopic (exact) mass is 354 g/mol. The summed E-state index contributed by atoms with van der Waals surface area (Å²) in [4.78, 5) is 36.1. The second-order valence-corrected chi connectivity index (χ2v) is 4.83. The summed E-state index contributed by atoms with van der Waals surface area (Å²) in [5.74, 6) is -0.309. The number of nitrogens with one attached hydrogen (secondary N) is 2. The van der Waals surface area contributed by atoms with Gasteiger partial charge < -0.3 is 11.1 Å². The van der Waals surface area contributed by atoms with Crippen LogP contribution in [0.1, 0.15) is 13.3 Å². The highest BCUT2D eigenvalue weighted by molar-refractivity contribution is 9.10. The van der Waals surface area contributed by atoms with Crippen LogP contribution < -0.4 is 22.3 Å². The maximum absolute atomic E-state index is 11.5. The summed E-state index contributed by atoms with van der Waals surface area (Å²) in [7, 11) is 0. The molecule has 1 aromatic rings. The number of rotatable bonds is 5. The van der Waals surface area contributed by atoms with E-state index in [0.29, 0.717) is 13.0 Å². The van der Waals surface area contributed by atoms with Gasteiger partial charge in [0.1, 0.15) is 6.54 Å². The Morgan fingerprint density at radius 2 is 2.21 bits per heavy atom. The van der Waals surface area contributed by atoms with E-state index in [4.69, 9.17) is 5.73 Å². The standard InChI is InChI=1S/C10H15BrN4O3.ClH/c1-6(12)2-3-13-8(16)5-15-4-7(11)9(17)14-10(15)18;/h4,6H,2-3,5,12H2,1H3,(H,13,16)(H,14,17,18);1H. The van der Waals surface area contributed by atoms with Gasteiger partial charge in [-0.3, -0.25) is 19.1 Å². The minimum atomic E-state index is -0.620. The number of H-pyrrole nitrogens is 1. The molecule has 1 unspecified atom stereocenters. The van der Waals surface area contributed by atoms with Crippen molar-refractivity contribution in [2.75, 3.05) is 6.54 Å². The van der Waals surface area contributed by atoms with Gasteiger partial charge in [0.05, 0.1) is 4.47 Å². The van der Waals surface area contributed by atoms with Gasteiger partial charge in [-0.15, -0.1) is 12.4 Å². The molecule has 1 amide bonds. The number of nitrogens with two attached hydrogens (primary N) is 1. The molecule has 0 spiro atoms. The van der Waals surface area contributed by atoms with Crippen molar-refractivity contribution >= 4 is 34.2 Å². The van der Waals surface area contributed by atoms with Gasteiger partial charge in [0.15, 0.2) is 0 Å². The summed E-state index contributed by atoms with van der Waals surface area (Å²) < 4.78 is 1.32. The zero-order valence-corrected chi connectivity index (χ0v) is 12.7. The summed E-state index contributed by atoms with van der Waals surface area (Å²) in [6, 6.07) is 0.00949. The lowest BCUT2D eigenvalue weighted by Crippen LogP contribution is -2.37. The fourth-order valence-corrected chi connectivity index (χ4v) is 1.60. The third-order valence-corrected chi connectivity index (χ3v) is 2.77. The lowest BCUT2D eigenvalue weighted by Gasteiger charge is -2.08. The molecule has 7 nitrogen and oxygen atoms in total. The zero-order chi connectivity index (χ0) is 13.7. The van der Waals surface area contributed by atoms with E-state index in [1.807, 2.05) is 6.92 Å². The number of aromatic amines is 1. The van der Waals surface area contributed by atoms with Crippen LogP contribution in [0.3, 0.4) is 0 Å². The third kappa shape index (κ3) is 6.04. The van der Waals surface area contributed by atoms with Gasteiger partial charge in [0, 0.05) is 18.8 Å². The van der Waals surface area contributed by atoms with Gasteiger partial charge in [0.2, 0.25) is 5.91 Å². The van der Waals surface area contributed by atoms with E-state index in [1.165, 1.54) is 6.20 Å². The molecule has 9 heteroatoms. The molecule has 0 saturated carbocycles. The Morgan fingerprint density at radius 3 is 2.79 bits per heavy atom. The van der Waals surface area contributed by atoms with E-state index in [9.17, 15) is 14.4 Å². The summed E-state index contributed by atoms with van der Waals surface area (Å²) in [6.45, 7) is 2.15. The molecule has 0 aliphatic rings. The highest BCUT2D eigenvalue weighted by atomic mass is 79.9. The van der Waals surface area contributed by atoms with E-state index >= 15 is 0 Å². The first-order valence-corrected chi connectivity index (χ1v) is 6.21. The fourth-order valence-electron chi connectivity index (χ4n) is 1.25. The fraction of sp³-hybridized carbons (Fsp3) is 0.500. The van der Waals surface area contributed by atoms with Gasteiger partial charge in [0.25, 0.3) is 5.56 Å². The number of aromatic nitrogens is 2. The minimum Gasteiger partial charge on any atom is -0.354 e. The Hall–Kier alpha value is -1.12. The van der Waals surface area contributed by atoms with Crippen LogP contribution in [-0.4, -0.2) is 28.0 Å². The molecular weight excluding hydrogens is 339 g/mol. The lowest BCUT2D eigenvalue weighted by molar-refractivity contribution is -0.121. The molecule has 108 valence electrons. The quantitative estimate of drug-likeness (QED) is 0.666. The van der Waals surface area contributed by atoms with E-state index in [2.05, 4.69) is 26.2 Å². The molecule has 0 aliphatic heterocycles. The topological polar surface area (TPSA) is 110 Å². The van der Waals surface area contributed by atoms with Crippen LogP contribution in [0.25, 0.3) is 0 Å². The van der Waals surface area contributed by atoms with Crippen LogP contribution in [-0.2, 0) is 11.3 Å². The maximum Gasteiger partial charge on any atom is 0.328 e. The largest absolute Gasteiger partial charge is 0.354 e. The molecular formula is C10H16BrClN4O3. The number of carbonyl (C=O) groups is 1. The SMILES string of the molecule is CC(N)CCNC(=O)Cn1cc(Br)c(=O)[nH]c1=O.Cl. The Balaban J connectivity index is 0.00000324. The Bertz CT molecular complexity index is 540.